The molecule has 0 fully saturated rings. The largest absolute Gasteiger partial charge is 0.0843 e. The zero-order valence-corrected chi connectivity index (χ0v) is 13.4. The van der Waals surface area contributed by atoms with Crippen molar-refractivity contribution in [3.63, 3.8) is 0 Å². The molecule has 0 aliphatic rings. The Morgan fingerprint density at radius 3 is 2.28 bits per heavy atom. The Morgan fingerprint density at radius 2 is 1.67 bits per heavy atom. The van der Waals surface area contributed by atoms with Gasteiger partial charge in [-0.15, -0.1) is 0 Å². The van der Waals surface area contributed by atoms with E-state index in [0.717, 1.165) is 21.7 Å². The molecular formula is C14H10BrCl3. The maximum atomic E-state index is 6.20. The summed E-state index contributed by atoms with van der Waals surface area (Å²) >= 11 is 21.8. The first-order chi connectivity index (χ1) is 8.49. The van der Waals surface area contributed by atoms with Gasteiger partial charge in [-0.2, -0.15) is 0 Å². The highest BCUT2D eigenvalue weighted by Gasteiger charge is 2.14. The van der Waals surface area contributed by atoms with Gasteiger partial charge in [-0.1, -0.05) is 68.9 Å². The summed E-state index contributed by atoms with van der Waals surface area (Å²) in [4.78, 5) is 0.0261. The molecule has 2 rings (SSSR count). The number of benzene rings is 2. The van der Waals surface area contributed by atoms with Crippen LogP contribution in [0.5, 0.6) is 0 Å². The molecule has 0 saturated carbocycles. The minimum atomic E-state index is 0.0261. The zero-order valence-electron chi connectivity index (χ0n) is 9.55. The molecule has 4 heteroatoms. The standard InChI is InChI=1S/C14H10BrCl3/c1-8-6-9(2-5-12(8)17)14(15)11-4-3-10(16)7-13(11)18/h2-7,14H,1H3. The molecule has 94 valence electrons. The van der Waals surface area contributed by atoms with Gasteiger partial charge in [0.1, 0.15) is 0 Å². The lowest BCUT2D eigenvalue weighted by Crippen LogP contribution is -1.94. The Kier molecular flexibility index (Phi) is 4.60. The average Bonchev–Trinajstić information content (AvgIpc) is 2.32. The normalized spacial score (nSPS) is 12.5. The first-order valence-corrected chi connectivity index (χ1v) is 7.39. The Hall–Kier alpha value is -0.210. The van der Waals surface area contributed by atoms with Crippen LogP contribution in [0.25, 0.3) is 0 Å². The lowest BCUT2D eigenvalue weighted by Gasteiger charge is -2.14. The number of rotatable bonds is 2. The van der Waals surface area contributed by atoms with Gasteiger partial charge >= 0.3 is 0 Å². The second-order valence-electron chi connectivity index (χ2n) is 4.04. The molecular weight excluding hydrogens is 354 g/mol. The van der Waals surface area contributed by atoms with Gasteiger partial charge in [-0.3, -0.25) is 0 Å². The number of hydrogen-bond donors (Lipinski definition) is 0. The summed E-state index contributed by atoms with van der Waals surface area (Å²) < 4.78 is 0. The molecule has 0 aliphatic heterocycles. The van der Waals surface area contributed by atoms with Crippen molar-refractivity contribution in [3.8, 4) is 0 Å². The van der Waals surface area contributed by atoms with Crippen molar-refractivity contribution in [1.29, 1.82) is 0 Å². The fourth-order valence-electron chi connectivity index (χ4n) is 1.71. The van der Waals surface area contributed by atoms with Crippen molar-refractivity contribution in [2.24, 2.45) is 0 Å². The third-order valence-corrected chi connectivity index (χ3v) is 4.72. The minimum absolute atomic E-state index is 0.0261. The maximum absolute atomic E-state index is 6.20. The SMILES string of the molecule is Cc1cc(C(Br)c2ccc(Cl)cc2Cl)ccc1Cl. The van der Waals surface area contributed by atoms with Crippen LogP contribution in [0.15, 0.2) is 36.4 Å². The highest BCUT2D eigenvalue weighted by molar-refractivity contribution is 9.09. The number of halogens is 4. The molecule has 1 atom stereocenters. The van der Waals surface area contributed by atoms with Crippen molar-refractivity contribution < 1.29 is 0 Å². The van der Waals surface area contributed by atoms with Gasteiger partial charge in [0.2, 0.25) is 0 Å². The van der Waals surface area contributed by atoms with Gasteiger partial charge in [-0.25, -0.2) is 0 Å². The topological polar surface area (TPSA) is 0 Å². The van der Waals surface area contributed by atoms with E-state index < -0.39 is 0 Å². The van der Waals surface area contributed by atoms with Gasteiger partial charge in [0, 0.05) is 15.1 Å². The maximum Gasteiger partial charge on any atom is 0.0659 e. The Bertz CT molecular complexity index is 581. The lowest BCUT2D eigenvalue weighted by atomic mass is 10.0. The van der Waals surface area contributed by atoms with Gasteiger partial charge in [0.15, 0.2) is 0 Å². The molecule has 2 aromatic carbocycles. The van der Waals surface area contributed by atoms with Crippen LogP contribution in [0, 0.1) is 6.92 Å². The van der Waals surface area contributed by atoms with E-state index in [2.05, 4.69) is 15.9 Å². The summed E-state index contributed by atoms with van der Waals surface area (Å²) in [7, 11) is 0. The van der Waals surface area contributed by atoms with E-state index in [4.69, 9.17) is 34.8 Å². The van der Waals surface area contributed by atoms with Crippen molar-refractivity contribution >= 4 is 50.7 Å². The number of alkyl halides is 1. The predicted molar refractivity (Wildman–Crippen MR) is 83.4 cm³/mol. The first kappa shape index (κ1) is 14.2. The molecule has 0 aromatic heterocycles. The van der Waals surface area contributed by atoms with Crippen LogP contribution >= 0.6 is 50.7 Å². The van der Waals surface area contributed by atoms with Crippen LogP contribution in [0.2, 0.25) is 15.1 Å². The van der Waals surface area contributed by atoms with Crippen LogP contribution in [0.4, 0.5) is 0 Å². The molecule has 0 nitrogen and oxygen atoms in total. The summed E-state index contributed by atoms with van der Waals surface area (Å²) in [5, 5.41) is 2.05. The summed E-state index contributed by atoms with van der Waals surface area (Å²) in [6.45, 7) is 1.98. The van der Waals surface area contributed by atoms with Crippen LogP contribution in [-0.2, 0) is 0 Å². The average molecular weight is 364 g/mol. The van der Waals surface area contributed by atoms with Gasteiger partial charge in [0.25, 0.3) is 0 Å². The fraction of sp³-hybridized carbons (Fsp3) is 0.143. The van der Waals surface area contributed by atoms with Crippen molar-refractivity contribution in [3.05, 3.63) is 68.2 Å². The second kappa shape index (κ2) is 5.83. The summed E-state index contributed by atoms with van der Waals surface area (Å²) in [5.74, 6) is 0. The van der Waals surface area contributed by atoms with Crippen molar-refractivity contribution in [2.45, 2.75) is 11.8 Å². The predicted octanol–water partition coefficient (Wildman–Crippen LogP) is 6.44. The molecule has 0 heterocycles. The first-order valence-electron chi connectivity index (χ1n) is 5.34. The van der Waals surface area contributed by atoms with E-state index in [0.29, 0.717) is 10.0 Å². The number of hydrogen-bond acceptors (Lipinski definition) is 0. The highest BCUT2D eigenvalue weighted by Crippen LogP contribution is 2.37. The van der Waals surface area contributed by atoms with E-state index in [1.54, 1.807) is 6.07 Å². The molecule has 0 aliphatic carbocycles. The molecule has 18 heavy (non-hydrogen) atoms. The monoisotopic (exact) mass is 362 g/mol. The molecule has 2 aromatic rings. The minimum Gasteiger partial charge on any atom is -0.0843 e. The van der Waals surface area contributed by atoms with E-state index in [1.165, 1.54) is 0 Å². The molecule has 1 unspecified atom stereocenters. The highest BCUT2D eigenvalue weighted by atomic mass is 79.9. The third-order valence-electron chi connectivity index (χ3n) is 2.71. The molecule has 0 radical (unpaired) electrons. The van der Waals surface area contributed by atoms with E-state index in [1.807, 2.05) is 37.3 Å². The molecule has 0 amide bonds. The van der Waals surface area contributed by atoms with Gasteiger partial charge in [-0.05, 0) is 41.8 Å². The van der Waals surface area contributed by atoms with Crippen molar-refractivity contribution in [1.82, 2.24) is 0 Å². The Balaban J connectivity index is 2.41. The smallest absolute Gasteiger partial charge is 0.0659 e. The fourth-order valence-corrected chi connectivity index (χ4v) is 3.16. The number of aryl methyl sites for hydroxylation is 1. The molecule has 0 bridgehead atoms. The molecule has 0 spiro atoms. The molecule has 0 saturated heterocycles. The molecule has 0 N–H and O–H groups in total. The van der Waals surface area contributed by atoms with E-state index in [-0.39, 0.29) is 4.83 Å². The van der Waals surface area contributed by atoms with Gasteiger partial charge in [0.05, 0.1) is 4.83 Å². The van der Waals surface area contributed by atoms with Crippen LogP contribution in [-0.4, -0.2) is 0 Å². The van der Waals surface area contributed by atoms with Crippen LogP contribution < -0.4 is 0 Å². The Labute approximate surface area is 130 Å². The quantitative estimate of drug-likeness (QED) is 0.538. The Morgan fingerprint density at radius 1 is 0.944 bits per heavy atom. The lowest BCUT2D eigenvalue weighted by molar-refractivity contribution is 1.17. The second-order valence-corrected chi connectivity index (χ2v) is 6.20. The van der Waals surface area contributed by atoms with Crippen molar-refractivity contribution in [2.75, 3.05) is 0 Å². The van der Waals surface area contributed by atoms with E-state index >= 15 is 0 Å². The van der Waals surface area contributed by atoms with Crippen LogP contribution in [0.3, 0.4) is 0 Å². The third kappa shape index (κ3) is 3.03. The van der Waals surface area contributed by atoms with E-state index in [9.17, 15) is 0 Å². The summed E-state index contributed by atoms with van der Waals surface area (Å²) in [5.41, 5.74) is 3.15. The summed E-state index contributed by atoms with van der Waals surface area (Å²) in [6.07, 6.45) is 0. The van der Waals surface area contributed by atoms with Gasteiger partial charge < -0.3 is 0 Å². The summed E-state index contributed by atoms with van der Waals surface area (Å²) in [6, 6.07) is 11.4. The zero-order chi connectivity index (χ0) is 13.3. The van der Waals surface area contributed by atoms with Crippen LogP contribution in [0.1, 0.15) is 21.5 Å².